The standard InChI is InChI=1S/C20H24N2O3S2/c1-12-4-6-16-18(8-12)27-20(21-16)22-19(24)11-26-10-15-9-14(13(2)23)5-7-17(15)25-3/h5,7,9,12H,4,6,8,10-11H2,1-3H3,(H,21,22,24). The van der Waals surface area contributed by atoms with Crippen LogP contribution in [0.1, 0.15) is 46.8 Å². The van der Waals surface area contributed by atoms with E-state index in [9.17, 15) is 9.59 Å². The summed E-state index contributed by atoms with van der Waals surface area (Å²) in [5, 5.41) is 3.63. The Hall–Kier alpha value is -1.86. The zero-order valence-electron chi connectivity index (χ0n) is 15.8. The van der Waals surface area contributed by atoms with E-state index in [0.717, 1.165) is 29.8 Å². The van der Waals surface area contributed by atoms with Gasteiger partial charge in [0.2, 0.25) is 5.91 Å². The predicted octanol–water partition coefficient (Wildman–Crippen LogP) is 4.35. The number of nitrogens with zero attached hydrogens (tertiary/aromatic N) is 1. The van der Waals surface area contributed by atoms with Gasteiger partial charge in [-0.05, 0) is 50.3 Å². The van der Waals surface area contributed by atoms with Crippen LogP contribution in [0, 0.1) is 5.92 Å². The molecule has 1 amide bonds. The molecule has 2 aromatic rings. The Morgan fingerprint density at radius 2 is 2.22 bits per heavy atom. The number of thioether (sulfide) groups is 1. The van der Waals surface area contributed by atoms with E-state index in [4.69, 9.17) is 4.74 Å². The maximum Gasteiger partial charge on any atom is 0.236 e. The predicted molar refractivity (Wildman–Crippen MR) is 111 cm³/mol. The van der Waals surface area contributed by atoms with E-state index < -0.39 is 0 Å². The minimum absolute atomic E-state index is 0.0173. The monoisotopic (exact) mass is 404 g/mol. The molecule has 0 bridgehead atoms. The lowest BCUT2D eigenvalue weighted by atomic mass is 9.93. The average molecular weight is 405 g/mol. The first-order chi connectivity index (χ1) is 13.0. The average Bonchev–Trinajstić information content (AvgIpc) is 3.02. The molecule has 1 aliphatic carbocycles. The summed E-state index contributed by atoms with van der Waals surface area (Å²) >= 11 is 3.09. The van der Waals surface area contributed by atoms with Gasteiger partial charge >= 0.3 is 0 Å². The van der Waals surface area contributed by atoms with Crippen molar-refractivity contribution < 1.29 is 14.3 Å². The molecule has 1 unspecified atom stereocenters. The molecule has 0 radical (unpaired) electrons. The molecular formula is C20H24N2O3S2. The van der Waals surface area contributed by atoms with Crippen molar-refractivity contribution in [2.75, 3.05) is 18.2 Å². The molecule has 144 valence electrons. The lowest BCUT2D eigenvalue weighted by Gasteiger charge is -2.15. The topological polar surface area (TPSA) is 68.3 Å². The fraction of sp³-hybridized carbons (Fsp3) is 0.450. The third kappa shape index (κ3) is 5.11. The second kappa shape index (κ2) is 8.89. The number of benzene rings is 1. The number of carbonyl (C=O) groups excluding carboxylic acids is 2. The Balaban J connectivity index is 1.54. The number of Topliss-reactive ketones (excluding diaryl/α,β-unsaturated/α-hetero) is 1. The normalized spacial score (nSPS) is 15.9. The smallest absolute Gasteiger partial charge is 0.236 e. The number of fused-ring (bicyclic) bond motifs is 1. The minimum Gasteiger partial charge on any atom is -0.496 e. The van der Waals surface area contributed by atoms with Gasteiger partial charge in [0.05, 0.1) is 18.6 Å². The van der Waals surface area contributed by atoms with Crippen molar-refractivity contribution in [1.82, 2.24) is 4.98 Å². The second-order valence-electron chi connectivity index (χ2n) is 6.86. The van der Waals surface area contributed by atoms with E-state index in [2.05, 4.69) is 17.2 Å². The molecule has 0 saturated heterocycles. The summed E-state index contributed by atoms with van der Waals surface area (Å²) in [6.45, 7) is 3.80. The Morgan fingerprint density at radius 3 is 2.96 bits per heavy atom. The zero-order chi connectivity index (χ0) is 19.4. The molecule has 0 saturated carbocycles. The lowest BCUT2D eigenvalue weighted by molar-refractivity contribution is -0.113. The van der Waals surface area contributed by atoms with Crippen LogP contribution in [0.3, 0.4) is 0 Å². The first kappa shape index (κ1) is 19.9. The third-order valence-electron chi connectivity index (χ3n) is 4.61. The zero-order valence-corrected chi connectivity index (χ0v) is 17.5. The first-order valence-corrected chi connectivity index (χ1v) is 11.0. The van der Waals surface area contributed by atoms with Crippen molar-refractivity contribution in [3.05, 3.63) is 39.9 Å². The number of hydrogen-bond donors (Lipinski definition) is 1. The number of aromatic nitrogens is 1. The highest BCUT2D eigenvalue weighted by molar-refractivity contribution is 7.99. The van der Waals surface area contributed by atoms with Crippen LogP contribution in [-0.2, 0) is 23.4 Å². The Labute approximate surface area is 167 Å². The minimum atomic E-state index is -0.0548. The van der Waals surface area contributed by atoms with Crippen LogP contribution in [0.4, 0.5) is 5.13 Å². The summed E-state index contributed by atoms with van der Waals surface area (Å²) in [6, 6.07) is 5.39. The van der Waals surface area contributed by atoms with E-state index in [0.29, 0.717) is 28.1 Å². The molecule has 27 heavy (non-hydrogen) atoms. The third-order valence-corrected chi connectivity index (χ3v) is 6.63. The number of nitrogens with one attached hydrogen (secondary N) is 1. The fourth-order valence-corrected chi connectivity index (χ4v) is 5.11. The molecular weight excluding hydrogens is 380 g/mol. The van der Waals surface area contributed by atoms with E-state index in [-0.39, 0.29) is 11.7 Å². The van der Waals surface area contributed by atoms with Crippen molar-refractivity contribution in [1.29, 1.82) is 0 Å². The SMILES string of the molecule is COc1ccc(C(C)=O)cc1CSCC(=O)Nc1nc2c(s1)CC(C)CC2. The maximum absolute atomic E-state index is 12.3. The van der Waals surface area contributed by atoms with Crippen molar-refractivity contribution in [3.63, 3.8) is 0 Å². The number of methoxy groups -OCH3 is 1. The molecule has 1 aromatic heterocycles. The Kier molecular flexibility index (Phi) is 6.55. The number of aryl methyl sites for hydroxylation is 1. The van der Waals surface area contributed by atoms with Crippen molar-refractivity contribution >= 4 is 39.9 Å². The highest BCUT2D eigenvalue weighted by Crippen LogP contribution is 2.32. The molecule has 1 heterocycles. The van der Waals surface area contributed by atoms with Crippen LogP contribution in [-0.4, -0.2) is 29.5 Å². The number of carbonyl (C=O) groups is 2. The highest BCUT2D eigenvalue weighted by Gasteiger charge is 2.20. The van der Waals surface area contributed by atoms with Crippen LogP contribution < -0.4 is 10.1 Å². The van der Waals surface area contributed by atoms with Gasteiger partial charge in [-0.1, -0.05) is 6.92 Å². The van der Waals surface area contributed by atoms with Crippen LogP contribution in [0.25, 0.3) is 0 Å². The van der Waals surface area contributed by atoms with Gasteiger partial charge in [0.1, 0.15) is 5.75 Å². The van der Waals surface area contributed by atoms with E-state index >= 15 is 0 Å². The van der Waals surface area contributed by atoms with Crippen LogP contribution in [0.15, 0.2) is 18.2 Å². The number of thiazole rings is 1. The van der Waals surface area contributed by atoms with Gasteiger partial charge in [0, 0.05) is 21.8 Å². The van der Waals surface area contributed by atoms with E-state index in [1.807, 2.05) is 6.07 Å². The molecule has 0 spiro atoms. The Morgan fingerprint density at radius 1 is 1.41 bits per heavy atom. The number of hydrogen-bond acceptors (Lipinski definition) is 6. The lowest BCUT2D eigenvalue weighted by Crippen LogP contribution is -2.14. The van der Waals surface area contributed by atoms with E-state index in [1.165, 1.54) is 23.1 Å². The summed E-state index contributed by atoms with van der Waals surface area (Å²) in [5.41, 5.74) is 2.71. The van der Waals surface area contributed by atoms with Gasteiger partial charge in [-0.2, -0.15) is 0 Å². The molecule has 1 aromatic carbocycles. The second-order valence-corrected chi connectivity index (χ2v) is 8.93. The molecule has 1 N–H and O–H groups in total. The summed E-state index contributed by atoms with van der Waals surface area (Å²) in [6.07, 6.45) is 3.23. The maximum atomic E-state index is 12.3. The summed E-state index contributed by atoms with van der Waals surface area (Å²) in [5.74, 6) is 2.31. The molecule has 1 aliphatic rings. The first-order valence-electron chi connectivity index (χ1n) is 9.00. The number of rotatable bonds is 7. The summed E-state index contributed by atoms with van der Waals surface area (Å²) in [7, 11) is 1.61. The molecule has 0 aliphatic heterocycles. The number of anilines is 1. The molecule has 0 fully saturated rings. The molecule has 1 atom stereocenters. The van der Waals surface area contributed by atoms with Gasteiger partial charge < -0.3 is 10.1 Å². The highest BCUT2D eigenvalue weighted by atomic mass is 32.2. The number of ketones is 1. The van der Waals surface area contributed by atoms with Gasteiger partial charge in [-0.3, -0.25) is 9.59 Å². The van der Waals surface area contributed by atoms with Gasteiger partial charge in [-0.25, -0.2) is 4.98 Å². The molecule has 3 rings (SSSR count). The quantitative estimate of drug-likeness (QED) is 0.695. The van der Waals surface area contributed by atoms with E-state index in [1.54, 1.807) is 37.5 Å². The van der Waals surface area contributed by atoms with Gasteiger partial charge in [0.25, 0.3) is 0 Å². The number of ether oxygens (including phenoxy) is 1. The fourth-order valence-electron chi connectivity index (χ4n) is 3.11. The largest absolute Gasteiger partial charge is 0.496 e. The molecule has 5 nitrogen and oxygen atoms in total. The van der Waals surface area contributed by atoms with Crippen molar-refractivity contribution in [3.8, 4) is 5.75 Å². The van der Waals surface area contributed by atoms with Crippen LogP contribution >= 0.6 is 23.1 Å². The van der Waals surface area contributed by atoms with Crippen LogP contribution in [0.5, 0.6) is 5.75 Å². The molecule has 7 heteroatoms. The Bertz CT molecular complexity index is 848. The van der Waals surface area contributed by atoms with Crippen molar-refractivity contribution in [2.24, 2.45) is 5.92 Å². The van der Waals surface area contributed by atoms with Crippen LogP contribution in [0.2, 0.25) is 0 Å². The van der Waals surface area contributed by atoms with Crippen molar-refractivity contribution in [2.45, 2.75) is 38.9 Å². The number of amides is 1. The summed E-state index contributed by atoms with van der Waals surface area (Å²) in [4.78, 5) is 29.7. The van der Waals surface area contributed by atoms with Gasteiger partial charge in [-0.15, -0.1) is 23.1 Å². The van der Waals surface area contributed by atoms with Gasteiger partial charge in [0.15, 0.2) is 10.9 Å². The summed E-state index contributed by atoms with van der Waals surface area (Å²) < 4.78 is 5.35.